The molecule has 0 fully saturated rings. The number of nitrogens with zero attached hydrogens (tertiary/aromatic N) is 1. The van der Waals surface area contributed by atoms with Gasteiger partial charge < -0.3 is 11.1 Å². The molecule has 0 aliphatic carbocycles. The molecule has 1 amide bonds. The van der Waals surface area contributed by atoms with Crippen LogP contribution in [0.4, 0.5) is 5.82 Å². The first kappa shape index (κ1) is 9.54. The summed E-state index contributed by atoms with van der Waals surface area (Å²) in [5, 5.41) is 3.13. The third kappa shape index (κ3) is 3.57. The van der Waals surface area contributed by atoms with Crippen molar-refractivity contribution in [3.63, 3.8) is 0 Å². The predicted molar refractivity (Wildman–Crippen MR) is 51.2 cm³/mol. The van der Waals surface area contributed by atoms with E-state index in [1.54, 1.807) is 18.2 Å². The maximum atomic E-state index is 10.3. The van der Waals surface area contributed by atoms with Crippen molar-refractivity contribution in [1.82, 2.24) is 4.98 Å². The molecule has 0 aromatic carbocycles. The molecule has 13 heavy (non-hydrogen) atoms. The third-order valence-corrected chi connectivity index (χ3v) is 1.40. The van der Waals surface area contributed by atoms with Gasteiger partial charge in [-0.15, -0.1) is 0 Å². The molecule has 0 aliphatic heterocycles. The van der Waals surface area contributed by atoms with Crippen LogP contribution in [-0.4, -0.2) is 10.9 Å². The molecule has 0 spiro atoms. The number of nitrogens with two attached hydrogens (primary N) is 1. The fourth-order valence-corrected chi connectivity index (χ4v) is 0.862. The summed E-state index contributed by atoms with van der Waals surface area (Å²) in [6.45, 7) is 0. The standard InChI is InChI=1S/C8H8ClN3O/c9-6-2-1-3-8(12-6)11-5-4-7(10)13/h1-5H,(H2,10,13)(H,11,12)/b5-4-. The number of halogens is 1. The molecule has 1 heterocycles. The molecule has 0 atom stereocenters. The van der Waals surface area contributed by atoms with Crippen molar-refractivity contribution in [1.29, 1.82) is 0 Å². The van der Waals surface area contributed by atoms with Gasteiger partial charge in [0.25, 0.3) is 0 Å². The average molecular weight is 198 g/mol. The number of primary amides is 1. The quantitative estimate of drug-likeness (QED) is 0.564. The van der Waals surface area contributed by atoms with Gasteiger partial charge in [0.2, 0.25) is 5.91 Å². The highest BCUT2D eigenvalue weighted by Crippen LogP contribution is 2.08. The topological polar surface area (TPSA) is 68.0 Å². The molecule has 0 saturated carbocycles. The summed E-state index contributed by atoms with van der Waals surface area (Å²) >= 11 is 5.62. The molecule has 4 nitrogen and oxygen atoms in total. The van der Waals surface area contributed by atoms with Crippen molar-refractivity contribution in [2.24, 2.45) is 5.73 Å². The summed E-state index contributed by atoms with van der Waals surface area (Å²) < 4.78 is 0. The minimum absolute atomic E-state index is 0.387. The van der Waals surface area contributed by atoms with Gasteiger partial charge in [-0.1, -0.05) is 17.7 Å². The van der Waals surface area contributed by atoms with E-state index >= 15 is 0 Å². The molecule has 0 unspecified atom stereocenters. The van der Waals surface area contributed by atoms with Gasteiger partial charge in [0.1, 0.15) is 11.0 Å². The fraction of sp³-hybridized carbons (Fsp3) is 0. The predicted octanol–water partition coefficient (Wildman–Crippen LogP) is 1.15. The molecule has 0 aliphatic rings. The van der Waals surface area contributed by atoms with Crippen molar-refractivity contribution in [2.75, 3.05) is 5.32 Å². The second-order valence-corrected chi connectivity index (χ2v) is 2.61. The zero-order chi connectivity index (χ0) is 9.68. The van der Waals surface area contributed by atoms with Crippen LogP contribution < -0.4 is 11.1 Å². The summed E-state index contributed by atoms with van der Waals surface area (Å²) in [6.07, 6.45) is 2.60. The lowest BCUT2D eigenvalue weighted by Gasteiger charge is -1.98. The Bertz CT molecular complexity index is 338. The number of carbonyl (C=O) groups excluding carboxylic acids is 1. The smallest absolute Gasteiger partial charge is 0.242 e. The van der Waals surface area contributed by atoms with E-state index in [2.05, 4.69) is 10.3 Å². The zero-order valence-electron chi connectivity index (χ0n) is 6.70. The van der Waals surface area contributed by atoms with E-state index in [9.17, 15) is 4.79 Å². The van der Waals surface area contributed by atoms with Crippen LogP contribution in [-0.2, 0) is 4.79 Å². The Labute approximate surface area is 80.4 Å². The van der Waals surface area contributed by atoms with E-state index in [1.807, 2.05) is 0 Å². The average Bonchev–Trinajstić information content (AvgIpc) is 2.03. The summed E-state index contributed by atoms with van der Waals surface area (Å²) in [5.41, 5.74) is 4.87. The van der Waals surface area contributed by atoms with Crippen LogP contribution in [0, 0.1) is 0 Å². The van der Waals surface area contributed by atoms with Gasteiger partial charge >= 0.3 is 0 Å². The molecule has 0 bridgehead atoms. The van der Waals surface area contributed by atoms with E-state index in [1.165, 1.54) is 12.3 Å². The Kier molecular flexibility index (Phi) is 3.28. The molecule has 1 aromatic rings. The van der Waals surface area contributed by atoms with Crippen LogP contribution in [0.15, 0.2) is 30.5 Å². The Morgan fingerprint density at radius 1 is 1.62 bits per heavy atom. The van der Waals surface area contributed by atoms with Crippen molar-refractivity contribution >= 4 is 23.3 Å². The number of carbonyl (C=O) groups is 1. The molecule has 0 radical (unpaired) electrons. The minimum Gasteiger partial charge on any atom is -0.366 e. The van der Waals surface area contributed by atoms with E-state index in [-0.39, 0.29) is 0 Å². The second-order valence-electron chi connectivity index (χ2n) is 2.23. The normalized spacial score (nSPS) is 10.2. The van der Waals surface area contributed by atoms with E-state index < -0.39 is 5.91 Å². The largest absolute Gasteiger partial charge is 0.366 e. The number of rotatable bonds is 3. The summed E-state index contributed by atoms with van der Waals surface area (Å²) in [7, 11) is 0. The maximum absolute atomic E-state index is 10.3. The molecule has 5 heteroatoms. The summed E-state index contributed by atoms with van der Waals surface area (Å²) in [4.78, 5) is 14.2. The molecule has 1 rings (SSSR count). The first-order valence-electron chi connectivity index (χ1n) is 3.53. The number of pyridine rings is 1. The number of aromatic nitrogens is 1. The number of hydrogen-bond donors (Lipinski definition) is 2. The van der Waals surface area contributed by atoms with Crippen molar-refractivity contribution in [2.45, 2.75) is 0 Å². The number of nitrogens with one attached hydrogen (secondary N) is 1. The van der Waals surface area contributed by atoms with Crippen LogP contribution in [0.3, 0.4) is 0 Å². The fourth-order valence-electron chi connectivity index (χ4n) is 0.698. The Morgan fingerprint density at radius 2 is 2.38 bits per heavy atom. The van der Waals surface area contributed by atoms with Gasteiger partial charge in [0.15, 0.2) is 0 Å². The summed E-state index contributed by atoms with van der Waals surface area (Å²) in [5.74, 6) is 0.0412. The Balaban J connectivity index is 2.59. The van der Waals surface area contributed by atoms with Crippen molar-refractivity contribution in [3.05, 3.63) is 35.6 Å². The van der Waals surface area contributed by atoms with Gasteiger partial charge in [0, 0.05) is 12.3 Å². The molecular weight excluding hydrogens is 190 g/mol. The molecular formula is C8H8ClN3O. The number of anilines is 1. The number of amides is 1. The van der Waals surface area contributed by atoms with Gasteiger partial charge in [-0.2, -0.15) is 0 Å². The maximum Gasteiger partial charge on any atom is 0.242 e. The van der Waals surface area contributed by atoms with Gasteiger partial charge in [-0.3, -0.25) is 4.79 Å². The molecule has 0 saturated heterocycles. The van der Waals surface area contributed by atoms with Gasteiger partial charge in [-0.25, -0.2) is 4.98 Å². The summed E-state index contributed by atoms with van der Waals surface area (Å²) in [6, 6.07) is 5.12. The molecule has 68 valence electrons. The van der Waals surface area contributed by atoms with Crippen LogP contribution in [0.1, 0.15) is 0 Å². The van der Waals surface area contributed by atoms with Crippen LogP contribution in [0.25, 0.3) is 0 Å². The highest BCUT2D eigenvalue weighted by Gasteiger charge is 1.91. The van der Waals surface area contributed by atoms with Crippen LogP contribution >= 0.6 is 11.6 Å². The third-order valence-electron chi connectivity index (χ3n) is 1.19. The Hall–Kier alpha value is -1.55. The first-order valence-corrected chi connectivity index (χ1v) is 3.91. The van der Waals surface area contributed by atoms with Gasteiger partial charge in [-0.05, 0) is 12.1 Å². The number of hydrogen-bond acceptors (Lipinski definition) is 3. The van der Waals surface area contributed by atoms with E-state index in [0.29, 0.717) is 11.0 Å². The van der Waals surface area contributed by atoms with E-state index in [0.717, 1.165) is 0 Å². The lowest BCUT2D eigenvalue weighted by Crippen LogP contribution is -2.06. The SMILES string of the molecule is NC(=O)/C=C\Nc1cccc(Cl)n1. The second kappa shape index (κ2) is 4.47. The lowest BCUT2D eigenvalue weighted by atomic mass is 10.4. The van der Waals surface area contributed by atoms with Gasteiger partial charge in [0.05, 0.1) is 0 Å². The van der Waals surface area contributed by atoms with Crippen molar-refractivity contribution < 1.29 is 4.79 Å². The van der Waals surface area contributed by atoms with E-state index in [4.69, 9.17) is 17.3 Å². The minimum atomic E-state index is -0.519. The lowest BCUT2D eigenvalue weighted by molar-refractivity contribution is -0.113. The monoisotopic (exact) mass is 197 g/mol. The Morgan fingerprint density at radius 3 is 3.00 bits per heavy atom. The van der Waals surface area contributed by atoms with Crippen LogP contribution in [0.2, 0.25) is 5.15 Å². The first-order chi connectivity index (χ1) is 6.18. The zero-order valence-corrected chi connectivity index (χ0v) is 7.45. The highest BCUT2D eigenvalue weighted by atomic mass is 35.5. The molecule has 1 aromatic heterocycles. The van der Waals surface area contributed by atoms with Crippen LogP contribution in [0.5, 0.6) is 0 Å². The molecule has 3 N–H and O–H groups in total. The highest BCUT2D eigenvalue weighted by molar-refractivity contribution is 6.29. The van der Waals surface area contributed by atoms with Crippen molar-refractivity contribution in [3.8, 4) is 0 Å².